The van der Waals surface area contributed by atoms with E-state index in [4.69, 9.17) is 5.11 Å². The zero-order valence-electron chi connectivity index (χ0n) is 8.02. The highest BCUT2D eigenvalue weighted by molar-refractivity contribution is 5.87. The second-order valence-electron chi connectivity index (χ2n) is 3.17. The van der Waals surface area contributed by atoms with Gasteiger partial charge in [0.2, 0.25) is 0 Å². The smallest absolute Gasteiger partial charge is 0.126 e. The molecule has 1 aromatic heterocycles. The van der Waals surface area contributed by atoms with E-state index in [9.17, 15) is 4.39 Å². The predicted molar refractivity (Wildman–Crippen MR) is 57.9 cm³/mol. The van der Waals surface area contributed by atoms with Crippen molar-refractivity contribution in [2.45, 2.75) is 0 Å². The van der Waals surface area contributed by atoms with Crippen LogP contribution in [0.4, 0.5) is 4.39 Å². The Morgan fingerprint density at radius 1 is 1.33 bits per heavy atom. The molecular formula is C12H10FNO. The molecular weight excluding hydrogens is 193 g/mol. The minimum absolute atomic E-state index is 0.550. The van der Waals surface area contributed by atoms with Crippen LogP contribution in [0.3, 0.4) is 0 Å². The molecule has 1 aromatic carbocycles. The Kier molecular flexibility index (Phi) is 2.74. The molecule has 0 unspecified atom stereocenters. The summed E-state index contributed by atoms with van der Waals surface area (Å²) >= 11 is 0. The molecule has 0 radical (unpaired) electrons. The fourth-order valence-corrected chi connectivity index (χ4v) is 1.46. The van der Waals surface area contributed by atoms with Crippen LogP contribution in [-0.4, -0.2) is 16.7 Å². The van der Waals surface area contributed by atoms with Crippen LogP contribution in [0.2, 0.25) is 0 Å². The van der Waals surface area contributed by atoms with E-state index < -0.39 is 12.4 Å². The maximum absolute atomic E-state index is 12.9. The molecule has 0 amide bonds. The molecule has 2 aromatic rings. The standard InChI is InChI=1S/C12H10FNO/c13-10(8-15)7-9-5-6-14-12-4-2-1-3-11(9)12/h1-7,15H,8H2/b10-7-. The first-order chi connectivity index (χ1) is 7.31. The van der Waals surface area contributed by atoms with Crippen LogP contribution in [0.5, 0.6) is 0 Å². The van der Waals surface area contributed by atoms with Crippen molar-refractivity contribution in [3.63, 3.8) is 0 Å². The number of aliphatic hydroxyl groups is 1. The number of benzene rings is 1. The number of halogens is 1. The van der Waals surface area contributed by atoms with E-state index in [2.05, 4.69) is 4.98 Å². The van der Waals surface area contributed by atoms with Crippen LogP contribution >= 0.6 is 0 Å². The lowest BCUT2D eigenvalue weighted by molar-refractivity contribution is 0.300. The molecule has 0 saturated heterocycles. The summed E-state index contributed by atoms with van der Waals surface area (Å²) in [6.45, 7) is -0.573. The maximum atomic E-state index is 12.9. The van der Waals surface area contributed by atoms with E-state index in [-0.39, 0.29) is 0 Å². The van der Waals surface area contributed by atoms with Crippen LogP contribution < -0.4 is 0 Å². The van der Waals surface area contributed by atoms with Gasteiger partial charge in [0.25, 0.3) is 0 Å². The molecule has 3 heteroatoms. The van der Waals surface area contributed by atoms with Crippen molar-refractivity contribution < 1.29 is 9.50 Å². The molecule has 0 atom stereocenters. The van der Waals surface area contributed by atoms with Crippen molar-refractivity contribution in [3.05, 3.63) is 47.9 Å². The second kappa shape index (κ2) is 4.19. The molecule has 76 valence electrons. The Hall–Kier alpha value is -1.74. The summed E-state index contributed by atoms with van der Waals surface area (Å²) in [6, 6.07) is 9.21. The van der Waals surface area contributed by atoms with Crippen molar-refractivity contribution in [1.29, 1.82) is 0 Å². The van der Waals surface area contributed by atoms with E-state index in [1.807, 2.05) is 24.3 Å². The number of rotatable bonds is 2. The lowest BCUT2D eigenvalue weighted by atomic mass is 10.1. The minimum atomic E-state index is -0.573. The number of fused-ring (bicyclic) bond motifs is 1. The van der Waals surface area contributed by atoms with E-state index >= 15 is 0 Å². The van der Waals surface area contributed by atoms with Gasteiger partial charge in [0.05, 0.1) is 12.1 Å². The van der Waals surface area contributed by atoms with E-state index in [0.29, 0.717) is 0 Å². The first kappa shape index (κ1) is 9.80. The molecule has 0 fully saturated rings. The summed E-state index contributed by atoms with van der Waals surface area (Å²) in [5.41, 5.74) is 1.55. The average Bonchev–Trinajstić information content (AvgIpc) is 2.29. The molecule has 0 aliphatic carbocycles. The maximum Gasteiger partial charge on any atom is 0.126 e. The van der Waals surface area contributed by atoms with Crippen molar-refractivity contribution in [2.75, 3.05) is 6.61 Å². The average molecular weight is 203 g/mol. The van der Waals surface area contributed by atoms with Crippen LogP contribution in [-0.2, 0) is 0 Å². The third-order valence-electron chi connectivity index (χ3n) is 2.15. The summed E-state index contributed by atoms with van der Waals surface area (Å²) in [5, 5.41) is 9.49. The largest absolute Gasteiger partial charge is 0.389 e. The number of aliphatic hydroxyl groups excluding tert-OH is 1. The van der Waals surface area contributed by atoms with Crippen LogP contribution in [0.15, 0.2) is 42.4 Å². The zero-order valence-corrected chi connectivity index (χ0v) is 8.02. The molecule has 1 N–H and O–H groups in total. The molecule has 2 rings (SSSR count). The second-order valence-corrected chi connectivity index (χ2v) is 3.17. The van der Waals surface area contributed by atoms with Gasteiger partial charge in [-0.05, 0) is 23.8 Å². The predicted octanol–water partition coefficient (Wildman–Crippen LogP) is 2.54. The number of aromatic nitrogens is 1. The number of para-hydroxylation sites is 1. The first-order valence-corrected chi connectivity index (χ1v) is 4.62. The van der Waals surface area contributed by atoms with Gasteiger partial charge >= 0.3 is 0 Å². The lowest BCUT2D eigenvalue weighted by Gasteiger charge is -2.00. The Bertz CT molecular complexity index is 502. The van der Waals surface area contributed by atoms with Crippen molar-refractivity contribution >= 4 is 17.0 Å². The molecule has 15 heavy (non-hydrogen) atoms. The number of pyridine rings is 1. The number of hydrogen-bond donors (Lipinski definition) is 1. The number of nitrogens with zero attached hydrogens (tertiary/aromatic N) is 1. The van der Waals surface area contributed by atoms with Gasteiger partial charge in [-0.15, -0.1) is 0 Å². The van der Waals surface area contributed by atoms with Gasteiger partial charge in [0.1, 0.15) is 5.83 Å². The Balaban J connectivity index is 2.61. The quantitative estimate of drug-likeness (QED) is 0.813. The highest BCUT2D eigenvalue weighted by atomic mass is 19.1. The summed E-state index contributed by atoms with van der Waals surface area (Å²) in [5.74, 6) is -0.550. The van der Waals surface area contributed by atoms with Crippen molar-refractivity contribution in [2.24, 2.45) is 0 Å². The Morgan fingerprint density at radius 2 is 2.13 bits per heavy atom. The van der Waals surface area contributed by atoms with Gasteiger partial charge in [-0.2, -0.15) is 0 Å². The summed E-state index contributed by atoms with van der Waals surface area (Å²) < 4.78 is 12.9. The fourth-order valence-electron chi connectivity index (χ4n) is 1.46. The zero-order chi connectivity index (χ0) is 10.7. The summed E-state index contributed by atoms with van der Waals surface area (Å²) in [6.07, 6.45) is 2.95. The van der Waals surface area contributed by atoms with Crippen LogP contribution in [0.25, 0.3) is 17.0 Å². The fraction of sp³-hybridized carbons (Fsp3) is 0.0833. The molecule has 0 aliphatic rings. The number of hydrogen-bond acceptors (Lipinski definition) is 2. The van der Waals surface area contributed by atoms with E-state index in [1.165, 1.54) is 6.08 Å². The summed E-state index contributed by atoms with van der Waals surface area (Å²) in [7, 11) is 0. The van der Waals surface area contributed by atoms with E-state index in [0.717, 1.165) is 16.5 Å². The summed E-state index contributed by atoms with van der Waals surface area (Å²) in [4.78, 5) is 4.16. The van der Waals surface area contributed by atoms with Gasteiger partial charge in [-0.3, -0.25) is 4.98 Å². The molecule has 1 heterocycles. The van der Waals surface area contributed by atoms with Crippen molar-refractivity contribution in [1.82, 2.24) is 4.98 Å². The SMILES string of the molecule is OC/C(F)=C/c1ccnc2ccccc12. The molecule has 0 bridgehead atoms. The third-order valence-corrected chi connectivity index (χ3v) is 2.15. The van der Waals surface area contributed by atoms with Crippen LogP contribution in [0, 0.1) is 0 Å². The van der Waals surface area contributed by atoms with Crippen molar-refractivity contribution in [3.8, 4) is 0 Å². The van der Waals surface area contributed by atoms with E-state index in [1.54, 1.807) is 12.3 Å². The molecule has 0 spiro atoms. The molecule has 0 saturated carbocycles. The van der Waals surface area contributed by atoms with Crippen LogP contribution in [0.1, 0.15) is 5.56 Å². The highest BCUT2D eigenvalue weighted by Crippen LogP contribution is 2.18. The third kappa shape index (κ3) is 2.02. The normalized spacial score (nSPS) is 12.0. The Labute approximate surface area is 86.7 Å². The van der Waals surface area contributed by atoms with Gasteiger partial charge in [-0.25, -0.2) is 4.39 Å². The molecule has 2 nitrogen and oxygen atoms in total. The molecule has 0 aliphatic heterocycles. The van der Waals surface area contributed by atoms with Gasteiger partial charge < -0.3 is 5.11 Å². The van der Waals surface area contributed by atoms with Gasteiger partial charge in [0.15, 0.2) is 0 Å². The topological polar surface area (TPSA) is 33.1 Å². The lowest BCUT2D eigenvalue weighted by Crippen LogP contribution is -1.85. The first-order valence-electron chi connectivity index (χ1n) is 4.62. The monoisotopic (exact) mass is 203 g/mol. The highest BCUT2D eigenvalue weighted by Gasteiger charge is 1.99. The minimum Gasteiger partial charge on any atom is -0.389 e. The van der Waals surface area contributed by atoms with Gasteiger partial charge in [0, 0.05) is 11.6 Å². The van der Waals surface area contributed by atoms with Gasteiger partial charge in [-0.1, -0.05) is 18.2 Å². The Morgan fingerprint density at radius 3 is 2.93 bits per heavy atom.